The van der Waals surface area contributed by atoms with Crippen molar-refractivity contribution in [3.63, 3.8) is 0 Å². The summed E-state index contributed by atoms with van der Waals surface area (Å²) in [7, 11) is 0. The quantitative estimate of drug-likeness (QED) is 0.620. The molecule has 0 aromatic carbocycles. The molecule has 4 nitrogen and oxygen atoms in total. The maximum atomic E-state index is 11.0. The summed E-state index contributed by atoms with van der Waals surface area (Å²) in [5, 5.41) is 21.1. The fraction of sp³-hybridized carbons (Fsp3) is 0.692. The van der Waals surface area contributed by atoms with Gasteiger partial charge >= 0.3 is 0 Å². The lowest BCUT2D eigenvalue weighted by atomic mass is 9.61. The van der Waals surface area contributed by atoms with Gasteiger partial charge in [0.15, 0.2) is 5.79 Å². The number of rotatable bonds is 6. The number of ether oxygens (including phenoxy) is 2. The standard InChI is InChI=1S/C26H38O4/c1-18(2)15-25(28,16-19(3)4)13-9-7-11-20(17-27)22-21-12-8-10-14-26(21)23(22)29-24(5,6)30-26/h9,12-13,18-19,23,27-28H,8,10,14-17H2,1-6H3/b13-9+,22-20-/t23-,26+/m0/s1. The average molecular weight is 415 g/mol. The van der Waals surface area contributed by atoms with Gasteiger partial charge in [-0.3, -0.25) is 0 Å². The van der Waals surface area contributed by atoms with Gasteiger partial charge in [-0.25, -0.2) is 0 Å². The van der Waals surface area contributed by atoms with E-state index >= 15 is 0 Å². The Morgan fingerprint density at radius 3 is 2.53 bits per heavy atom. The van der Waals surface area contributed by atoms with Crippen LogP contribution in [0.3, 0.4) is 0 Å². The first kappa shape index (κ1) is 23.3. The number of aliphatic hydroxyl groups is 2. The van der Waals surface area contributed by atoms with E-state index in [1.54, 1.807) is 6.08 Å². The zero-order chi connectivity index (χ0) is 22.2. The van der Waals surface area contributed by atoms with Crippen LogP contribution in [0.1, 0.15) is 73.6 Å². The summed E-state index contributed by atoms with van der Waals surface area (Å²) in [5.41, 5.74) is 1.59. The van der Waals surface area contributed by atoms with Crippen molar-refractivity contribution in [1.29, 1.82) is 0 Å². The molecule has 1 saturated heterocycles. The van der Waals surface area contributed by atoms with Crippen molar-refractivity contribution in [3.05, 3.63) is 34.9 Å². The van der Waals surface area contributed by atoms with E-state index in [4.69, 9.17) is 9.47 Å². The van der Waals surface area contributed by atoms with E-state index in [0.717, 1.165) is 30.4 Å². The van der Waals surface area contributed by atoms with Gasteiger partial charge in [-0.2, -0.15) is 0 Å². The van der Waals surface area contributed by atoms with Crippen LogP contribution >= 0.6 is 0 Å². The van der Waals surface area contributed by atoms with Crippen LogP contribution in [-0.4, -0.2) is 39.9 Å². The van der Waals surface area contributed by atoms with Crippen molar-refractivity contribution >= 4 is 0 Å². The Balaban J connectivity index is 1.86. The molecule has 0 amide bonds. The molecule has 1 heterocycles. The minimum absolute atomic E-state index is 0.133. The van der Waals surface area contributed by atoms with Crippen molar-refractivity contribution in [1.82, 2.24) is 0 Å². The van der Waals surface area contributed by atoms with E-state index < -0.39 is 11.4 Å². The van der Waals surface area contributed by atoms with Crippen LogP contribution in [0.2, 0.25) is 0 Å². The van der Waals surface area contributed by atoms with Crippen molar-refractivity contribution in [2.24, 2.45) is 11.8 Å². The maximum absolute atomic E-state index is 11.0. The van der Waals surface area contributed by atoms with Crippen LogP contribution in [-0.2, 0) is 9.47 Å². The van der Waals surface area contributed by atoms with Gasteiger partial charge in [0.1, 0.15) is 11.7 Å². The molecule has 0 aromatic heterocycles. The van der Waals surface area contributed by atoms with Crippen molar-refractivity contribution in [3.8, 4) is 11.8 Å². The molecule has 0 unspecified atom stereocenters. The lowest BCUT2D eigenvalue weighted by Gasteiger charge is -2.49. The molecule has 2 N–H and O–H groups in total. The highest BCUT2D eigenvalue weighted by molar-refractivity contribution is 5.63. The molecule has 1 spiro atoms. The molecule has 2 aliphatic carbocycles. The third-order valence-corrected chi connectivity index (χ3v) is 6.07. The first-order chi connectivity index (χ1) is 14.0. The molecule has 4 heteroatoms. The van der Waals surface area contributed by atoms with Gasteiger partial charge in [0.25, 0.3) is 0 Å². The van der Waals surface area contributed by atoms with E-state index in [9.17, 15) is 10.2 Å². The second-order valence-corrected chi connectivity index (χ2v) is 10.4. The maximum Gasteiger partial charge on any atom is 0.165 e. The van der Waals surface area contributed by atoms with Gasteiger partial charge < -0.3 is 19.7 Å². The zero-order valence-electron chi connectivity index (χ0n) is 19.4. The van der Waals surface area contributed by atoms with Crippen molar-refractivity contribution in [2.45, 2.75) is 96.7 Å². The van der Waals surface area contributed by atoms with E-state index in [2.05, 4.69) is 45.6 Å². The highest BCUT2D eigenvalue weighted by Gasteiger charge is 2.66. The van der Waals surface area contributed by atoms with Crippen LogP contribution < -0.4 is 0 Å². The van der Waals surface area contributed by atoms with Gasteiger partial charge in [-0.15, -0.1) is 0 Å². The largest absolute Gasteiger partial charge is 0.391 e. The normalized spacial score (nSPS) is 29.3. The van der Waals surface area contributed by atoms with Crippen LogP contribution in [0.4, 0.5) is 0 Å². The van der Waals surface area contributed by atoms with Crippen LogP contribution in [0.5, 0.6) is 0 Å². The molecule has 0 aromatic rings. The van der Waals surface area contributed by atoms with Crippen molar-refractivity contribution < 1.29 is 19.7 Å². The predicted octanol–water partition coefficient (Wildman–Crippen LogP) is 4.67. The van der Waals surface area contributed by atoms with Gasteiger partial charge in [-0.1, -0.05) is 45.6 Å². The molecule has 2 fully saturated rings. The van der Waals surface area contributed by atoms with Gasteiger partial charge in [0.2, 0.25) is 0 Å². The summed E-state index contributed by atoms with van der Waals surface area (Å²) in [4.78, 5) is 0. The molecule has 2 atom stereocenters. The Bertz CT molecular complexity index is 793. The molecule has 0 radical (unpaired) electrons. The summed E-state index contributed by atoms with van der Waals surface area (Å²) in [6, 6.07) is 0. The first-order valence-electron chi connectivity index (χ1n) is 11.4. The molecular weight excluding hydrogens is 376 g/mol. The predicted molar refractivity (Wildman–Crippen MR) is 120 cm³/mol. The van der Waals surface area contributed by atoms with Gasteiger partial charge in [0.05, 0.1) is 12.2 Å². The SMILES string of the molecule is CC(C)CC(O)(/C=C/C#C/C(CO)=C1\C2=CCCC[C@@]23OC(C)(C)O[C@@H]13)CC(C)C. The summed E-state index contributed by atoms with van der Waals surface area (Å²) in [5.74, 6) is 6.33. The highest BCUT2D eigenvalue weighted by Crippen LogP contribution is 2.60. The van der Waals surface area contributed by atoms with Crippen LogP contribution in [0.25, 0.3) is 0 Å². The Morgan fingerprint density at radius 1 is 1.27 bits per heavy atom. The lowest BCUT2D eigenvalue weighted by Crippen LogP contribution is -2.55. The summed E-state index contributed by atoms with van der Waals surface area (Å²) in [6.07, 6.45) is 10.1. The summed E-state index contributed by atoms with van der Waals surface area (Å²) >= 11 is 0. The molecule has 166 valence electrons. The topological polar surface area (TPSA) is 58.9 Å². The van der Waals surface area contributed by atoms with Crippen molar-refractivity contribution in [2.75, 3.05) is 6.61 Å². The fourth-order valence-electron chi connectivity index (χ4n) is 5.36. The van der Waals surface area contributed by atoms with Gasteiger partial charge in [0, 0.05) is 11.1 Å². The summed E-state index contributed by atoms with van der Waals surface area (Å²) in [6.45, 7) is 12.2. The summed E-state index contributed by atoms with van der Waals surface area (Å²) < 4.78 is 12.5. The number of hydrogen-bond donors (Lipinski definition) is 2. The van der Waals surface area contributed by atoms with Crippen LogP contribution in [0.15, 0.2) is 34.9 Å². The van der Waals surface area contributed by atoms with Crippen LogP contribution in [0, 0.1) is 23.7 Å². The Hall–Kier alpha value is -1.38. The van der Waals surface area contributed by atoms with Gasteiger partial charge in [-0.05, 0) is 75.5 Å². The highest BCUT2D eigenvalue weighted by atomic mass is 16.8. The molecule has 3 rings (SSSR count). The second-order valence-electron chi connectivity index (χ2n) is 10.4. The number of aliphatic hydroxyl groups excluding tert-OH is 1. The molecular formula is C26H38O4. The minimum Gasteiger partial charge on any atom is -0.391 e. The number of hydrogen-bond acceptors (Lipinski definition) is 4. The first-order valence-corrected chi connectivity index (χ1v) is 11.4. The second kappa shape index (κ2) is 8.63. The minimum atomic E-state index is -0.854. The van der Waals surface area contributed by atoms with E-state index in [0.29, 0.717) is 30.3 Å². The van der Waals surface area contributed by atoms with E-state index in [1.807, 2.05) is 19.9 Å². The molecule has 1 saturated carbocycles. The average Bonchev–Trinajstić information content (AvgIpc) is 2.81. The molecule has 30 heavy (non-hydrogen) atoms. The monoisotopic (exact) mass is 414 g/mol. The fourth-order valence-corrected chi connectivity index (χ4v) is 5.36. The smallest absolute Gasteiger partial charge is 0.165 e. The Labute approximate surface area is 182 Å². The Kier molecular flexibility index (Phi) is 6.70. The van der Waals surface area contributed by atoms with E-state index in [-0.39, 0.29) is 18.3 Å². The Morgan fingerprint density at radius 2 is 1.93 bits per heavy atom. The lowest BCUT2D eigenvalue weighted by molar-refractivity contribution is -0.153. The third-order valence-electron chi connectivity index (χ3n) is 6.07. The molecule has 1 aliphatic heterocycles. The molecule has 3 aliphatic rings. The molecule has 0 bridgehead atoms. The zero-order valence-corrected chi connectivity index (χ0v) is 19.4. The van der Waals surface area contributed by atoms with E-state index in [1.165, 1.54) is 0 Å². The number of allylic oxidation sites excluding steroid dienone is 2. The third kappa shape index (κ3) is 4.60.